The average molecular weight is 388 g/mol. The van der Waals surface area contributed by atoms with Crippen molar-refractivity contribution >= 4 is 23.6 Å². The molecule has 1 aromatic rings. The van der Waals surface area contributed by atoms with Gasteiger partial charge in [-0.2, -0.15) is 11.8 Å². The molecule has 27 heavy (non-hydrogen) atoms. The van der Waals surface area contributed by atoms with Crippen molar-refractivity contribution < 1.29 is 18.7 Å². The van der Waals surface area contributed by atoms with Crippen molar-refractivity contribution in [3.8, 4) is 0 Å². The van der Waals surface area contributed by atoms with Crippen LogP contribution in [0.3, 0.4) is 0 Å². The van der Waals surface area contributed by atoms with Crippen LogP contribution in [0.2, 0.25) is 0 Å². The SMILES string of the molecule is O=C(C1C2C(=O)N(Cc3ccc(F)cc3)C[C@@]23C=C[C@@H]1O3)N1CCSCC1. The highest BCUT2D eigenvalue weighted by Gasteiger charge is 2.67. The predicted molar refractivity (Wildman–Crippen MR) is 99.4 cm³/mol. The number of thioether (sulfide) groups is 1. The molecule has 0 saturated carbocycles. The smallest absolute Gasteiger partial charge is 0.230 e. The number of hydrogen-bond acceptors (Lipinski definition) is 4. The van der Waals surface area contributed by atoms with E-state index in [1.165, 1.54) is 12.1 Å². The summed E-state index contributed by atoms with van der Waals surface area (Å²) in [6.07, 6.45) is 3.63. The van der Waals surface area contributed by atoms with E-state index in [4.69, 9.17) is 4.74 Å². The van der Waals surface area contributed by atoms with Crippen LogP contribution in [0.5, 0.6) is 0 Å². The van der Waals surface area contributed by atoms with Gasteiger partial charge in [0.2, 0.25) is 11.8 Å². The van der Waals surface area contributed by atoms with Crippen LogP contribution in [-0.4, -0.2) is 64.5 Å². The number of amides is 2. The summed E-state index contributed by atoms with van der Waals surface area (Å²) in [5.74, 6) is 0.737. The van der Waals surface area contributed by atoms with Crippen molar-refractivity contribution in [2.75, 3.05) is 31.1 Å². The maximum absolute atomic E-state index is 13.2. The van der Waals surface area contributed by atoms with E-state index in [1.54, 1.807) is 17.0 Å². The lowest BCUT2D eigenvalue weighted by Crippen LogP contribution is -2.48. The van der Waals surface area contributed by atoms with Gasteiger partial charge >= 0.3 is 0 Å². The summed E-state index contributed by atoms with van der Waals surface area (Å²) in [5.41, 5.74) is 0.183. The van der Waals surface area contributed by atoms with Gasteiger partial charge in [0.1, 0.15) is 11.4 Å². The molecular weight excluding hydrogens is 367 g/mol. The van der Waals surface area contributed by atoms with Crippen LogP contribution in [-0.2, 0) is 20.9 Å². The van der Waals surface area contributed by atoms with Crippen molar-refractivity contribution in [1.29, 1.82) is 0 Å². The summed E-state index contributed by atoms with van der Waals surface area (Å²) in [6, 6.07) is 6.18. The quantitative estimate of drug-likeness (QED) is 0.740. The van der Waals surface area contributed by atoms with Crippen molar-refractivity contribution in [2.45, 2.75) is 18.2 Å². The average Bonchev–Trinajstić information content (AvgIpc) is 3.32. The van der Waals surface area contributed by atoms with Gasteiger partial charge in [-0.1, -0.05) is 24.3 Å². The Hall–Kier alpha value is -1.86. The Morgan fingerprint density at radius 3 is 2.74 bits per heavy atom. The minimum Gasteiger partial charge on any atom is -0.360 e. The standard InChI is InChI=1S/C20H21FN2O3S/c21-14-3-1-13(2-4-14)11-23-12-20-6-5-15(26-20)16(17(20)19(23)25)18(24)22-7-9-27-10-8-22/h1-6,15-17H,7-12H2/t15-,16?,17?,20-/m0/s1. The van der Waals surface area contributed by atoms with Gasteiger partial charge in [-0.05, 0) is 17.7 Å². The molecular formula is C20H21FN2O3S. The third-order valence-corrected chi connectivity index (χ3v) is 7.02. The summed E-state index contributed by atoms with van der Waals surface area (Å²) in [4.78, 5) is 30.0. The van der Waals surface area contributed by atoms with Gasteiger partial charge in [0.05, 0.1) is 24.5 Å². The molecule has 4 aliphatic rings. The highest BCUT2D eigenvalue weighted by atomic mass is 32.2. The van der Waals surface area contributed by atoms with Crippen LogP contribution in [0.4, 0.5) is 4.39 Å². The zero-order valence-electron chi connectivity index (χ0n) is 14.8. The molecule has 4 aliphatic heterocycles. The number of halogens is 1. The first-order chi connectivity index (χ1) is 13.1. The van der Waals surface area contributed by atoms with Gasteiger partial charge in [0.15, 0.2) is 0 Å². The minimum atomic E-state index is -0.688. The number of rotatable bonds is 3. The molecule has 142 valence electrons. The Bertz CT molecular complexity index is 808. The molecule has 0 aromatic heterocycles. The maximum atomic E-state index is 13.2. The molecule has 7 heteroatoms. The van der Waals surface area contributed by atoms with E-state index in [0.29, 0.717) is 13.1 Å². The largest absolute Gasteiger partial charge is 0.360 e. The number of hydrogen-bond donors (Lipinski definition) is 0. The molecule has 2 bridgehead atoms. The monoisotopic (exact) mass is 388 g/mol. The zero-order valence-corrected chi connectivity index (χ0v) is 15.7. The molecule has 3 saturated heterocycles. The van der Waals surface area contributed by atoms with Crippen LogP contribution in [0, 0.1) is 17.7 Å². The minimum absolute atomic E-state index is 0.0316. The highest BCUT2D eigenvalue weighted by Crippen LogP contribution is 2.52. The molecule has 3 fully saturated rings. The number of likely N-dealkylation sites (tertiary alicyclic amines) is 1. The number of carbonyl (C=O) groups excluding carboxylic acids is 2. The first kappa shape index (κ1) is 17.3. The molecule has 4 heterocycles. The lowest BCUT2D eigenvalue weighted by atomic mass is 9.76. The summed E-state index contributed by atoms with van der Waals surface area (Å²) < 4.78 is 19.3. The van der Waals surface area contributed by atoms with Crippen molar-refractivity contribution in [2.24, 2.45) is 11.8 Å². The molecule has 0 N–H and O–H groups in total. The fourth-order valence-corrected chi connectivity index (χ4v) is 5.70. The third-order valence-electron chi connectivity index (χ3n) is 6.07. The lowest BCUT2D eigenvalue weighted by molar-refractivity contribution is -0.143. The topological polar surface area (TPSA) is 49.9 Å². The second-order valence-electron chi connectivity index (χ2n) is 7.66. The lowest BCUT2D eigenvalue weighted by Gasteiger charge is -2.32. The van der Waals surface area contributed by atoms with E-state index in [9.17, 15) is 14.0 Å². The number of benzene rings is 1. The molecule has 0 aliphatic carbocycles. The third kappa shape index (κ3) is 2.70. The summed E-state index contributed by atoms with van der Waals surface area (Å²) >= 11 is 1.85. The fourth-order valence-electron chi connectivity index (χ4n) is 4.80. The first-order valence-electron chi connectivity index (χ1n) is 9.34. The van der Waals surface area contributed by atoms with Crippen molar-refractivity contribution in [1.82, 2.24) is 9.80 Å². The summed E-state index contributed by atoms with van der Waals surface area (Å²) in [6.45, 7) is 2.33. The second-order valence-corrected chi connectivity index (χ2v) is 8.88. The Kier molecular flexibility index (Phi) is 4.05. The van der Waals surface area contributed by atoms with Gasteiger partial charge in [-0.3, -0.25) is 9.59 Å². The molecule has 5 rings (SSSR count). The van der Waals surface area contributed by atoms with Crippen molar-refractivity contribution in [3.63, 3.8) is 0 Å². The Morgan fingerprint density at radius 2 is 2.00 bits per heavy atom. The molecule has 2 unspecified atom stereocenters. The van der Waals surface area contributed by atoms with E-state index < -0.39 is 17.4 Å². The summed E-state index contributed by atoms with van der Waals surface area (Å²) in [7, 11) is 0. The fraction of sp³-hybridized carbons (Fsp3) is 0.500. The molecule has 2 amide bonds. The van der Waals surface area contributed by atoms with Crippen LogP contribution in [0.15, 0.2) is 36.4 Å². The van der Waals surface area contributed by atoms with Crippen LogP contribution in [0.1, 0.15) is 5.56 Å². The van der Waals surface area contributed by atoms with Gasteiger partial charge in [-0.15, -0.1) is 0 Å². The highest BCUT2D eigenvalue weighted by molar-refractivity contribution is 7.99. The van der Waals surface area contributed by atoms with Gasteiger partial charge < -0.3 is 14.5 Å². The number of fused-ring (bicyclic) bond motifs is 1. The van der Waals surface area contributed by atoms with Gasteiger partial charge in [-0.25, -0.2) is 4.39 Å². The molecule has 0 radical (unpaired) electrons. The van der Waals surface area contributed by atoms with E-state index in [-0.39, 0.29) is 23.7 Å². The van der Waals surface area contributed by atoms with E-state index >= 15 is 0 Å². The second kappa shape index (κ2) is 6.34. The number of nitrogens with zero attached hydrogens (tertiary/aromatic N) is 2. The number of ether oxygens (including phenoxy) is 1. The van der Waals surface area contributed by atoms with Crippen LogP contribution in [0.25, 0.3) is 0 Å². The van der Waals surface area contributed by atoms with E-state index in [1.807, 2.05) is 28.8 Å². The Morgan fingerprint density at radius 1 is 1.26 bits per heavy atom. The van der Waals surface area contributed by atoms with Crippen molar-refractivity contribution in [3.05, 3.63) is 47.8 Å². The molecule has 5 nitrogen and oxygen atoms in total. The van der Waals surface area contributed by atoms with Gasteiger partial charge in [0, 0.05) is 31.1 Å². The van der Waals surface area contributed by atoms with Gasteiger partial charge in [0.25, 0.3) is 0 Å². The summed E-state index contributed by atoms with van der Waals surface area (Å²) in [5, 5.41) is 0. The van der Waals surface area contributed by atoms with Crippen LogP contribution < -0.4 is 0 Å². The normalized spacial score (nSPS) is 34.4. The molecule has 1 spiro atoms. The Balaban J connectivity index is 1.38. The number of carbonyl (C=O) groups is 2. The zero-order chi connectivity index (χ0) is 18.6. The predicted octanol–water partition coefficient (Wildman–Crippen LogP) is 1.68. The maximum Gasteiger partial charge on any atom is 0.230 e. The van der Waals surface area contributed by atoms with E-state index in [0.717, 1.165) is 30.2 Å². The van der Waals surface area contributed by atoms with Crippen LogP contribution >= 0.6 is 11.8 Å². The molecule has 4 atom stereocenters. The first-order valence-corrected chi connectivity index (χ1v) is 10.5. The molecule has 1 aromatic carbocycles. The Labute approximate surface area is 161 Å². The van der Waals surface area contributed by atoms with E-state index in [2.05, 4.69) is 0 Å².